The molecule has 0 fully saturated rings. The fourth-order valence-corrected chi connectivity index (χ4v) is 2.58. The van der Waals surface area contributed by atoms with Crippen LogP contribution in [-0.2, 0) is 0 Å². The SMILES string of the molecule is CCNC(=O)c1ccc(N)cc1Nc1ccc(Br)cc1Cl. The Hall–Kier alpha value is -1.72. The van der Waals surface area contributed by atoms with Gasteiger partial charge in [0.1, 0.15) is 0 Å². The zero-order valence-electron chi connectivity index (χ0n) is 11.4. The highest BCUT2D eigenvalue weighted by Crippen LogP contribution is 2.30. The van der Waals surface area contributed by atoms with Crippen molar-refractivity contribution in [1.82, 2.24) is 5.32 Å². The maximum absolute atomic E-state index is 12.1. The fraction of sp³-hybridized carbons (Fsp3) is 0.133. The topological polar surface area (TPSA) is 67.2 Å². The number of carbonyl (C=O) groups is 1. The molecule has 2 rings (SSSR count). The molecule has 0 saturated carbocycles. The second kappa shape index (κ2) is 6.83. The van der Waals surface area contributed by atoms with Gasteiger partial charge in [0.15, 0.2) is 0 Å². The molecule has 0 heterocycles. The largest absolute Gasteiger partial charge is 0.399 e. The van der Waals surface area contributed by atoms with Gasteiger partial charge in [0.05, 0.1) is 22.0 Å². The average Bonchev–Trinajstić information content (AvgIpc) is 2.42. The lowest BCUT2D eigenvalue weighted by atomic mass is 10.1. The molecule has 0 spiro atoms. The van der Waals surface area contributed by atoms with E-state index in [2.05, 4.69) is 26.6 Å². The average molecular weight is 369 g/mol. The molecule has 0 bridgehead atoms. The lowest BCUT2D eigenvalue weighted by Crippen LogP contribution is -2.23. The van der Waals surface area contributed by atoms with Crippen molar-refractivity contribution < 1.29 is 4.79 Å². The third-order valence-corrected chi connectivity index (χ3v) is 3.63. The van der Waals surface area contributed by atoms with Gasteiger partial charge >= 0.3 is 0 Å². The van der Waals surface area contributed by atoms with Gasteiger partial charge in [0.25, 0.3) is 5.91 Å². The summed E-state index contributed by atoms with van der Waals surface area (Å²) in [6.45, 7) is 2.43. The van der Waals surface area contributed by atoms with Crippen molar-refractivity contribution in [3.05, 3.63) is 51.5 Å². The molecule has 21 heavy (non-hydrogen) atoms. The van der Waals surface area contributed by atoms with Gasteiger partial charge in [0.2, 0.25) is 0 Å². The number of amides is 1. The number of benzene rings is 2. The minimum atomic E-state index is -0.159. The van der Waals surface area contributed by atoms with Crippen molar-refractivity contribution in [3.63, 3.8) is 0 Å². The van der Waals surface area contributed by atoms with E-state index in [-0.39, 0.29) is 5.91 Å². The second-order valence-corrected chi connectivity index (χ2v) is 5.74. The first kappa shape index (κ1) is 15.7. The summed E-state index contributed by atoms with van der Waals surface area (Å²) in [6, 6.07) is 10.6. The molecular weight excluding hydrogens is 354 g/mol. The molecule has 0 radical (unpaired) electrons. The van der Waals surface area contributed by atoms with Crippen LogP contribution in [0.5, 0.6) is 0 Å². The smallest absolute Gasteiger partial charge is 0.253 e. The third kappa shape index (κ3) is 3.89. The Bertz CT molecular complexity index is 676. The first-order valence-electron chi connectivity index (χ1n) is 6.41. The van der Waals surface area contributed by atoms with Crippen LogP contribution in [0.3, 0.4) is 0 Å². The lowest BCUT2D eigenvalue weighted by molar-refractivity contribution is 0.0956. The number of rotatable bonds is 4. The minimum Gasteiger partial charge on any atom is -0.399 e. The second-order valence-electron chi connectivity index (χ2n) is 4.41. The van der Waals surface area contributed by atoms with Gasteiger partial charge in [-0.1, -0.05) is 27.5 Å². The molecule has 6 heteroatoms. The van der Waals surface area contributed by atoms with Crippen LogP contribution in [0.15, 0.2) is 40.9 Å². The molecule has 0 aliphatic heterocycles. The van der Waals surface area contributed by atoms with E-state index in [9.17, 15) is 4.79 Å². The zero-order chi connectivity index (χ0) is 15.4. The number of hydrogen-bond donors (Lipinski definition) is 3. The normalized spacial score (nSPS) is 10.2. The van der Waals surface area contributed by atoms with Crippen molar-refractivity contribution in [2.75, 3.05) is 17.6 Å². The van der Waals surface area contributed by atoms with Gasteiger partial charge in [-0.3, -0.25) is 4.79 Å². The number of anilines is 3. The molecular formula is C15H15BrClN3O. The van der Waals surface area contributed by atoms with E-state index < -0.39 is 0 Å². The Morgan fingerprint density at radius 3 is 2.67 bits per heavy atom. The van der Waals surface area contributed by atoms with Gasteiger partial charge < -0.3 is 16.4 Å². The molecule has 0 atom stereocenters. The molecule has 0 unspecified atom stereocenters. The van der Waals surface area contributed by atoms with E-state index in [1.807, 2.05) is 19.1 Å². The van der Waals surface area contributed by atoms with E-state index in [1.54, 1.807) is 24.3 Å². The summed E-state index contributed by atoms with van der Waals surface area (Å²) in [5.74, 6) is -0.159. The van der Waals surface area contributed by atoms with Crippen LogP contribution in [0.2, 0.25) is 5.02 Å². The summed E-state index contributed by atoms with van der Waals surface area (Å²) in [6.07, 6.45) is 0. The Morgan fingerprint density at radius 2 is 2.00 bits per heavy atom. The highest BCUT2D eigenvalue weighted by Gasteiger charge is 2.12. The van der Waals surface area contributed by atoms with E-state index in [1.165, 1.54) is 0 Å². The van der Waals surface area contributed by atoms with Crippen LogP contribution in [0.25, 0.3) is 0 Å². The Labute approximate surface area is 136 Å². The first-order chi connectivity index (χ1) is 10.0. The van der Waals surface area contributed by atoms with Crippen LogP contribution >= 0.6 is 27.5 Å². The molecule has 0 saturated heterocycles. The summed E-state index contributed by atoms with van der Waals surface area (Å²) < 4.78 is 0.884. The quantitative estimate of drug-likeness (QED) is 0.709. The van der Waals surface area contributed by atoms with Crippen molar-refractivity contribution in [3.8, 4) is 0 Å². The lowest BCUT2D eigenvalue weighted by Gasteiger charge is -2.14. The molecule has 0 aliphatic carbocycles. The summed E-state index contributed by atoms with van der Waals surface area (Å²) in [7, 11) is 0. The van der Waals surface area contributed by atoms with Gasteiger partial charge in [-0.05, 0) is 43.3 Å². The minimum absolute atomic E-state index is 0.159. The molecule has 0 aliphatic rings. The maximum Gasteiger partial charge on any atom is 0.253 e. The molecule has 4 nitrogen and oxygen atoms in total. The molecule has 2 aromatic rings. The van der Waals surface area contributed by atoms with Crippen molar-refractivity contribution in [2.24, 2.45) is 0 Å². The summed E-state index contributed by atoms with van der Waals surface area (Å²) >= 11 is 9.54. The predicted octanol–water partition coefficient (Wildman–Crippen LogP) is 4.18. The molecule has 0 aromatic heterocycles. The fourth-order valence-electron chi connectivity index (χ4n) is 1.86. The van der Waals surface area contributed by atoms with Crippen LogP contribution in [0.4, 0.5) is 17.1 Å². The summed E-state index contributed by atoms with van der Waals surface area (Å²) in [5, 5.41) is 6.48. The molecule has 110 valence electrons. The van der Waals surface area contributed by atoms with Crippen molar-refractivity contribution >= 4 is 50.5 Å². The Balaban J connectivity index is 2.38. The van der Waals surface area contributed by atoms with E-state index in [0.717, 1.165) is 4.47 Å². The van der Waals surface area contributed by atoms with E-state index in [0.29, 0.717) is 34.2 Å². The van der Waals surface area contributed by atoms with Gasteiger partial charge in [-0.25, -0.2) is 0 Å². The van der Waals surface area contributed by atoms with Crippen molar-refractivity contribution in [1.29, 1.82) is 0 Å². The molecule has 4 N–H and O–H groups in total. The number of nitrogens with two attached hydrogens (primary N) is 1. The zero-order valence-corrected chi connectivity index (χ0v) is 13.8. The van der Waals surface area contributed by atoms with Crippen LogP contribution in [0, 0.1) is 0 Å². The monoisotopic (exact) mass is 367 g/mol. The van der Waals surface area contributed by atoms with Crippen LogP contribution < -0.4 is 16.4 Å². The molecule has 2 aromatic carbocycles. The Morgan fingerprint density at radius 1 is 1.24 bits per heavy atom. The number of hydrogen-bond acceptors (Lipinski definition) is 3. The summed E-state index contributed by atoms with van der Waals surface area (Å²) in [5.41, 5.74) is 8.21. The predicted molar refractivity (Wildman–Crippen MR) is 91.3 cm³/mol. The van der Waals surface area contributed by atoms with Crippen LogP contribution in [-0.4, -0.2) is 12.5 Å². The maximum atomic E-state index is 12.1. The highest BCUT2D eigenvalue weighted by atomic mass is 79.9. The Kier molecular flexibility index (Phi) is 5.09. The first-order valence-corrected chi connectivity index (χ1v) is 7.58. The van der Waals surface area contributed by atoms with Gasteiger partial charge in [-0.15, -0.1) is 0 Å². The van der Waals surface area contributed by atoms with Crippen LogP contribution in [0.1, 0.15) is 17.3 Å². The number of halogens is 2. The molecule has 1 amide bonds. The van der Waals surface area contributed by atoms with E-state index >= 15 is 0 Å². The number of nitrogens with one attached hydrogen (secondary N) is 2. The van der Waals surface area contributed by atoms with Gasteiger partial charge in [-0.2, -0.15) is 0 Å². The standard InChI is InChI=1S/C15H15BrClN3O/c1-2-19-15(21)11-5-4-10(18)8-14(11)20-13-6-3-9(16)7-12(13)17/h3-8,20H,2,18H2,1H3,(H,19,21). The summed E-state index contributed by atoms with van der Waals surface area (Å²) in [4.78, 5) is 12.1. The number of carbonyl (C=O) groups excluding carboxylic acids is 1. The third-order valence-electron chi connectivity index (χ3n) is 2.83. The van der Waals surface area contributed by atoms with E-state index in [4.69, 9.17) is 17.3 Å². The number of nitrogen functional groups attached to an aromatic ring is 1. The van der Waals surface area contributed by atoms with Crippen molar-refractivity contribution in [2.45, 2.75) is 6.92 Å². The van der Waals surface area contributed by atoms with Gasteiger partial charge in [0, 0.05) is 16.7 Å². The highest BCUT2D eigenvalue weighted by molar-refractivity contribution is 9.10.